The highest BCUT2D eigenvalue weighted by atomic mass is 19.4. The normalized spacial score (nSPS) is 14.1. The molecule has 2 aromatic carbocycles. The second kappa shape index (κ2) is 10.5. The van der Waals surface area contributed by atoms with E-state index in [0.29, 0.717) is 17.0 Å². The standard InChI is InChI=1S/C27H24F3N5O5/c1-38-18-6-4-3-5-17(18)35-12-11-34(14-22(35)36)26(37)24-20(13-31)40-25(33-24)16-7-9-19(39-2)23-15(16)8-10-21(32-23)27(28,29)30/h3-10H,11-14,31H2,1-2H3. The van der Waals surface area contributed by atoms with E-state index in [1.54, 1.807) is 35.2 Å². The molecular formula is C27H24F3N5O5. The lowest BCUT2D eigenvalue weighted by Crippen LogP contribution is -2.52. The number of carbonyl (C=O) groups excluding carboxylic acids is 2. The Morgan fingerprint density at radius 2 is 1.77 bits per heavy atom. The Kier molecular flexibility index (Phi) is 7.06. The monoisotopic (exact) mass is 555 g/mol. The number of ether oxygens (including phenoxy) is 2. The molecule has 1 aliphatic heterocycles. The first kappa shape index (κ1) is 26.9. The van der Waals surface area contributed by atoms with Crippen molar-refractivity contribution in [1.29, 1.82) is 0 Å². The van der Waals surface area contributed by atoms with E-state index in [-0.39, 0.29) is 66.1 Å². The van der Waals surface area contributed by atoms with E-state index in [1.807, 2.05) is 0 Å². The molecule has 0 saturated carbocycles. The van der Waals surface area contributed by atoms with Crippen molar-refractivity contribution >= 4 is 28.4 Å². The van der Waals surface area contributed by atoms with Gasteiger partial charge in [0.1, 0.15) is 29.3 Å². The van der Waals surface area contributed by atoms with Crippen LogP contribution in [0.4, 0.5) is 18.9 Å². The number of aromatic nitrogens is 2. The molecular weight excluding hydrogens is 531 g/mol. The Labute approximate surface area is 226 Å². The van der Waals surface area contributed by atoms with Gasteiger partial charge in [0.25, 0.3) is 5.91 Å². The van der Waals surface area contributed by atoms with Crippen molar-refractivity contribution in [3.63, 3.8) is 0 Å². The highest BCUT2D eigenvalue weighted by Crippen LogP contribution is 2.37. The largest absolute Gasteiger partial charge is 0.495 e. The molecule has 40 heavy (non-hydrogen) atoms. The first-order chi connectivity index (χ1) is 19.2. The number of nitrogens with two attached hydrogens (primary N) is 1. The molecule has 4 aromatic rings. The van der Waals surface area contributed by atoms with E-state index in [2.05, 4.69) is 9.97 Å². The summed E-state index contributed by atoms with van der Waals surface area (Å²) >= 11 is 0. The third kappa shape index (κ3) is 4.79. The molecule has 2 aromatic heterocycles. The number of amides is 2. The topological polar surface area (TPSA) is 124 Å². The fraction of sp³-hybridized carbons (Fsp3) is 0.259. The van der Waals surface area contributed by atoms with Gasteiger partial charge in [0.15, 0.2) is 11.5 Å². The van der Waals surface area contributed by atoms with Crippen molar-refractivity contribution < 1.29 is 36.7 Å². The maximum atomic E-state index is 13.5. The van der Waals surface area contributed by atoms with Crippen LogP contribution in [-0.2, 0) is 17.5 Å². The summed E-state index contributed by atoms with van der Waals surface area (Å²) in [6.45, 7) is 0.0564. The fourth-order valence-corrected chi connectivity index (χ4v) is 4.58. The SMILES string of the molecule is COc1ccccc1N1CCN(C(=O)c2nc(-c3ccc(OC)c4nc(C(F)(F)F)ccc34)oc2CN)CC1=O. The van der Waals surface area contributed by atoms with Gasteiger partial charge in [0.05, 0.1) is 26.5 Å². The average Bonchev–Trinajstić information content (AvgIpc) is 3.39. The molecule has 2 amide bonds. The van der Waals surface area contributed by atoms with Crippen LogP contribution in [0.5, 0.6) is 11.5 Å². The van der Waals surface area contributed by atoms with Crippen molar-refractivity contribution in [2.24, 2.45) is 5.73 Å². The number of carbonyl (C=O) groups is 2. The molecule has 0 aliphatic carbocycles. The third-order valence-corrected chi connectivity index (χ3v) is 6.53. The molecule has 0 spiro atoms. The predicted octanol–water partition coefficient (Wildman–Crippen LogP) is 3.87. The van der Waals surface area contributed by atoms with Gasteiger partial charge in [-0.1, -0.05) is 12.1 Å². The number of benzene rings is 2. The maximum absolute atomic E-state index is 13.5. The van der Waals surface area contributed by atoms with Crippen molar-refractivity contribution in [3.8, 4) is 23.0 Å². The number of anilines is 1. The van der Waals surface area contributed by atoms with Crippen LogP contribution in [0.3, 0.4) is 0 Å². The zero-order valence-corrected chi connectivity index (χ0v) is 21.5. The zero-order valence-electron chi connectivity index (χ0n) is 21.5. The number of methoxy groups -OCH3 is 2. The summed E-state index contributed by atoms with van der Waals surface area (Å²) in [5.41, 5.74) is 5.52. The van der Waals surface area contributed by atoms with E-state index < -0.39 is 17.8 Å². The minimum Gasteiger partial charge on any atom is -0.495 e. The van der Waals surface area contributed by atoms with Gasteiger partial charge in [-0.15, -0.1) is 0 Å². The highest BCUT2D eigenvalue weighted by Gasteiger charge is 2.34. The van der Waals surface area contributed by atoms with Crippen LogP contribution in [0, 0.1) is 0 Å². The van der Waals surface area contributed by atoms with Gasteiger partial charge >= 0.3 is 6.18 Å². The summed E-state index contributed by atoms with van der Waals surface area (Å²) in [5, 5.41) is 0.275. The second-order valence-electron chi connectivity index (χ2n) is 8.84. The van der Waals surface area contributed by atoms with E-state index in [1.165, 1.54) is 31.3 Å². The summed E-state index contributed by atoms with van der Waals surface area (Å²) in [5.74, 6) is -0.169. The molecule has 3 heterocycles. The van der Waals surface area contributed by atoms with Crippen molar-refractivity contribution in [2.75, 3.05) is 38.8 Å². The third-order valence-electron chi connectivity index (χ3n) is 6.53. The molecule has 2 N–H and O–H groups in total. The van der Waals surface area contributed by atoms with Crippen LogP contribution < -0.4 is 20.1 Å². The highest BCUT2D eigenvalue weighted by molar-refractivity contribution is 6.02. The number of nitrogens with zero attached hydrogens (tertiary/aromatic N) is 4. The van der Waals surface area contributed by atoms with Gasteiger partial charge in [0.2, 0.25) is 11.8 Å². The summed E-state index contributed by atoms with van der Waals surface area (Å²) in [6.07, 6.45) is -4.66. The quantitative estimate of drug-likeness (QED) is 0.380. The number of rotatable bonds is 6. The summed E-state index contributed by atoms with van der Waals surface area (Å²) in [6, 6.07) is 12.2. The summed E-state index contributed by atoms with van der Waals surface area (Å²) in [4.78, 5) is 37.5. The number of fused-ring (bicyclic) bond motifs is 1. The number of oxazole rings is 1. The van der Waals surface area contributed by atoms with Gasteiger partial charge in [-0.25, -0.2) is 9.97 Å². The number of piperazine rings is 1. The predicted molar refractivity (Wildman–Crippen MR) is 138 cm³/mol. The van der Waals surface area contributed by atoms with E-state index >= 15 is 0 Å². The second-order valence-corrected chi connectivity index (χ2v) is 8.84. The Balaban J connectivity index is 1.46. The lowest BCUT2D eigenvalue weighted by molar-refractivity contribution is -0.141. The Bertz CT molecular complexity index is 1600. The minimum atomic E-state index is -4.66. The molecule has 5 rings (SSSR count). The van der Waals surface area contributed by atoms with Crippen molar-refractivity contribution in [2.45, 2.75) is 12.7 Å². The Hall–Kier alpha value is -4.65. The van der Waals surface area contributed by atoms with E-state index in [9.17, 15) is 22.8 Å². The number of hydrogen-bond acceptors (Lipinski definition) is 8. The van der Waals surface area contributed by atoms with Crippen LogP contribution >= 0.6 is 0 Å². The fourth-order valence-electron chi connectivity index (χ4n) is 4.58. The van der Waals surface area contributed by atoms with Crippen molar-refractivity contribution in [1.82, 2.24) is 14.9 Å². The van der Waals surface area contributed by atoms with Gasteiger partial charge in [-0.2, -0.15) is 13.2 Å². The molecule has 0 radical (unpaired) electrons. The molecule has 0 atom stereocenters. The van der Waals surface area contributed by atoms with Gasteiger partial charge in [0, 0.05) is 24.0 Å². The molecule has 208 valence electrons. The Morgan fingerprint density at radius 1 is 1.02 bits per heavy atom. The summed E-state index contributed by atoms with van der Waals surface area (Å²) < 4.78 is 56.3. The molecule has 13 heteroatoms. The summed E-state index contributed by atoms with van der Waals surface area (Å²) in [7, 11) is 2.83. The van der Waals surface area contributed by atoms with Crippen molar-refractivity contribution in [3.05, 3.63) is 65.7 Å². The number of halogens is 3. The van der Waals surface area contributed by atoms with E-state index in [0.717, 1.165) is 6.07 Å². The van der Waals surface area contributed by atoms with Crippen LogP contribution in [0.15, 0.2) is 52.9 Å². The molecule has 1 saturated heterocycles. The average molecular weight is 556 g/mol. The lowest BCUT2D eigenvalue weighted by atomic mass is 10.1. The molecule has 1 fully saturated rings. The number of para-hydroxylation sites is 2. The molecule has 0 bridgehead atoms. The maximum Gasteiger partial charge on any atom is 0.433 e. The molecule has 0 unspecified atom stereocenters. The number of alkyl halides is 3. The van der Waals surface area contributed by atoms with Crippen LogP contribution in [0.1, 0.15) is 21.9 Å². The van der Waals surface area contributed by atoms with Gasteiger partial charge in [-0.3, -0.25) is 9.59 Å². The van der Waals surface area contributed by atoms with Gasteiger partial charge in [-0.05, 0) is 36.4 Å². The number of pyridine rings is 1. The lowest BCUT2D eigenvalue weighted by Gasteiger charge is -2.34. The van der Waals surface area contributed by atoms with Crippen LogP contribution in [-0.4, -0.2) is 60.5 Å². The van der Waals surface area contributed by atoms with Crippen LogP contribution in [0.2, 0.25) is 0 Å². The smallest absolute Gasteiger partial charge is 0.433 e. The van der Waals surface area contributed by atoms with E-state index in [4.69, 9.17) is 19.6 Å². The van der Waals surface area contributed by atoms with Crippen LogP contribution in [0.25, 0.3) is 22.4 Å². The zero-order chi connectivity index (χ0) is 28.6. The Morgan fingerprint density at radius 3 is 2.45 bits per heavy atom. The first-order valence-electron chi connectivity index (χ1n) is 12.1. The van der Waals surface area contributed by atoms with Gasteiger partial charge < -0.3 is 29.4 Å². The molecule has 1 aliphatic rings. The first-order valence-corrected chi connectivity index (χ1v) is 12.1. The number of hydrogen-bond donors (Lipinski definition) is 1. The molecule has 10 nitrogen and oxygen atoms in total. The minimum absolute atomic E-state index is 0.0306.